The van der Waals surface area contributed by atoms with Crippen LogP contribution < -0.4 is 27.0 Å². The predicted octanol–water partition coefficient (Wildman–Crippen LogP) is 3.25. The second-order valence-corrected chi connectivity index (χ2v) is 11.8. The lowest BCUT2D eigenvalue weighted by Crippen LogP contribution is -2.41. The Hall–Kier alpha value is -4.46. The van der Waals surface area contributed by atoms with Gasteiger partial charge in [-0.1, -0.05) is 13.8 Å². The molecule has 0 atom stereocenters. The molecule has 14 heteroatoms. The van der Waals surface area contributed by atoms with Gasteiger partial charge in [-0.2, -0.15) is 0 Å². The number of anilines is 2. The highest BCUT2D eigenvalue weighted by molar-refractivity contribution is 7.15. The number of aromatic nitrogens is 1. The molecule has 0 unspecified atom stereocenters. The fourth-order valence-electron chi connectivity index (χ4n) is 5.17. The van der Waals surface area contributed by atoms with Crippen molar-refractivity contribution in [2.45, 2.75) is 46.0 Å². The van der Waals surface area contributed by atoms with Crippen LogP contribution in [0.2, 0.25) is 0 Å². The summed E-state index contributed by atoms with van der Waals surface area (Å²) in [5.41, 5.74) is 12.8. The number of amidine groups is 1. The van der Waals surface area contributed by atoms with Gasteiger partial charge in [0.05, 0.1) is 33.9 Å². The van der Waals surface area contributed by atoms with Crippen LogP contribution >= 0.6 is 11.3 Å². The molecule has 2 aromatic heterocycles. The Morgan fingerprint density at radius 1 is 1.14 bits per heavy atom. The van der Waals surface area contributed by atoms with Crippen molar-refractivity contribution < 1.29 is 23.9 Å². The van der Waals surface area contributed by atoms with E-state index < -0.39 is 6.09 Å². The Morgan fingerprint density at radius 2 is 1.86 bits per heavy atom. The molecular weight excluding hydrogens is 584 g/mol. The summed E-state index contributed by atoms with van der Waals surface area (Å²) in [5, 5.41) is 5.65. The van der Waals surface area contributed by atoms with Crippen LogP contribution in [0.5, 0.6) is 0 Å². The monoisotopic (exact) mass is 624 g/mol. The number of hydrogen-bond donors (Lipinski definition) is 4. The molecule has 1 fully saturated rings. The van der Waals surface area contributed by atoms with Crippen molar-refractivity contribution in [2.75, 3.05) is 49.5 Å². The maximum absolute atomic E-state index is 13.3. The van der Waals surface area contributed by atoms with Crippen molar-refractivity contribution >= 4 is 64.3 Å². The van der Waals surface area contributed by atoms with E-state index in [4.69, 9.17) is 11.5 Å². The van der Waals surface area contributed by atoms with Gasteiger partial charge in [-0.3, -0.25) is 14.4 Å². The summed E-state index contributed by atoms with van der Waals surface area (Å²) >= 11 is 1.26. The maximum atomic E-state index is 13.3. The molecule has 0 radical (unpaired) electrons. The lowest BCUT2D eigenvalue weighted by molar-refractivity contribution is -0.127. The lowest BCUT2D eigenvalue weighted by Gasteiger charge is -2.32. The highest BCUT2D eigenvalue weighted by Gasteiger charge is 2.26. The number of pyridine rings is 1. The van der Waals surface area contributed by atoms with Gasteiger partial charge in [-0.05, 0) is 50.0 Å². The first-order valence-corrected chi connectivity index (χ1v) is 15.7. The molecule has 4 heterocycles. The van der Waals surface area contributed by atoms with Crippen LogP contribution in [0.25, 0.3) is 6.08 Å². The second-order valence-electron chi connectivity index (χ2n) is 10.7. The molecule has 1 saturated heterocycles. The Kier molecular flexibility index (Phi) is 11.3. The summed E-state index contributed by atoms with van der Waals surface area (Å²) < 4.78 is 4.63. The number of piperidine rings is 1. The number of ether oxygens (including phenoxy) is 1. The zero-order valence-corrected chi connectivity index (χ0v) is 26.0. The van der Waals surface area contributed by atoms with Crippen molar-refractivity contribution in [3.63, 3.8) is 0 Å². The molecule has 0 bridgehead atoms. The van der Waals surface area contributed by atoms with E-state index in [1.807, 2.05) is 30.9 Å². The standard InChI is InChI=1S/C30H40N8O5S/c1-3-10-38(11-4-2)29(41)20-15-23-22(36-25(31)16-20)17-24(44-23)28(40)35-21-5-6-26(34-18-21)37-12-7-19(8-13-37)27(39)33-9-14-43-30(32)42/h5-6,15,17-19H,3-4,7-14,16H2,1-2H3,(H2,31,36)(H2,32,42)(H,33,39)(H,35,40). The molecule has 236 valence electrons. The molecule has 0 aromatic carbocycles. The average Bonchev–Trinajstić information content (AvgIpc) is 3.33. The van der Waals surface area contributed by atoms with E-state index in [2.05, 4.69) is 30.2 Å². The Morgan fingerprint density at radius 3 is 2.50 bits per heavy atom. The number of carbonyl (C=O) groups excluding carboxylic acids is 4. The summed E-state index contributed by atoms with van der Waals surface area (Å²) in [4.78, 5) is 63.5. The fraction of sp³-hybridized carbons (Fsp3) is 0.467. The number of hydrogen-bond acceptors (Lipinski definition) is 10. The number of nitrogens with zero attached hydrogens (tertiary/aromatic N) is 4. The van der Waals surface area contributed by atoms with E-state index in [0.717, 1.165) is 23.5 Å². The largest absolute Gasteiger partial charge is 0.448 e. The SMILES string of the molecule is CCCN(CCC)C(=O)C1=Cc2sc(C(=O)Nc3ccc(N4CCC(C(=O)NCCOC(N)=O)CC4)nc3)cc2N=C(N)C1. The normalized spacial score (nSPS) is 14.9. The highest BCUT2D eigenvalue weighted by atomic mass is 32.1. The highest BCUT2D eigenvalue weighted by Crippen LogP contribution is 2.35. The molecule has 6 N–H and O–H groups in total. The molecular formula is C30H40N8O5S. The van der Waals surface area contributed by atoms with Gasteiger partial charge in [0.1, 0.15) is 18.3 Å². The summed E-state index contributed by atoms with van der Waals surface area (Å²) in [6.07, 6.45) is 5.86. The number of primary amides is 1. The zero-order valence-electron chi connectivity index (χ0n) is 25.1. The maximum Gasteiger partial charge on any atom is 0.404 e. The van der Waals surface area contributed by atoms with Crippen LogP contribution in [-0.4, -0.2) is 78.9 Å². The topological polar surface area (TPSA) is 185 Å². The van der Waals surface area contributed by atoms with Gasteiger partial charge in [-0.25, -0.2) is 14.8 Å². The fourth-order valence-corrected chi connectivity index (χ4v) is 6.13. The molecule has 44 heavy (non-hydrogen) atoms. The summed E-state index contributed by atoms with van der Waals surface area (Å²) in [6.45, 7) is 7.01. The second kappa shape index (κ2) is 15.3. The number of rotatable bonds is 12. The van der Waals surface area contributed by atoms with Gasteiger partial charge in [0.2, 0.25) is 11.8 Å². The summed E-state index contributed by atoms with van der Waals surface area (Å²) in [6, 6.07) is 5.32. The minimum Gasteiger partial charge on any atom is -0.448 e. The molecule has 4 rings (SSSR count). The Balaban J connectivity index is 1.34. The first-order chi connectivity index (χ1) is 21.2. The van der Waals surface area contributed by atoms with Crippen molar-refractivity contribution in [3.8, 4) is 0 Å². The molecule has 2 aromatic rings. The minimum atomic E-state index is -0.867. The Bertz CT molecular complexity index is 1410. The lowest BCUT2D eigenvalue weighted by atomic mass is 9.96. The third-order valence-electron chi connectivity index (χ3n) is 7.29. The van der Waals surface area contributed by atoms with E-state index in [1.165, 1.54) is 11.3 Å². The van der Waals surface area contributed by atoms with Crippen LogP contribution in [0.3, 0.4) is 0 Å². The van der Waals surface area contributed by atoms with Crippen LogP contribution in [0.1, 0.15) is 60.5 Å². The predicted molar refractivity (Wildman–Crippen MR) is 171 cm³/mol. The van der Waals surface area contributed by atoms with E-state index in [9.17, 15) is 19.2 Å². The average molecular weight is 625 g/mol. The number of nitrogens with two attached hydrogens (primary N) is 2. The van der Waals surface area contributed by atoms with E-state index >= 15 is 0 Å². The van der Waals surface area contributed by atoms with Gasteiger partial charge in [0, 0.05) is 44.1 Å². The van der Waals surface area contributed by atoms with Crippen molar-refractivity contribution in [2.24, 2.45) is 22.4 Å². The van der Waals surface area contributed by atoms with Gasteiger partial charge < -0.3 is 36.6 Å². The smallest absolute Gasteiger partial charge is 0.404 e. The van der Waals surface area contributed by atoms with Crippen LogP contribution in [0, 0.1) is 5.92 Å². The number of thiophene rings is 1. The van der Waals surface area contributed by atoms with Crippen molar-refractivity contribution in [1.82, 2.24) is 15.2 Å². The third kappa shape index (κ3) is 8.56. The molecule has 0 spiro atoms. The van der Waals surface area contributed by atoms with E-state index in [1.54, 1.807) is 18.3 Å². The molecule has 2 aliphatic heterocycles. The van der Waals surface area contributed by atoms with Crippen LogP contribution in [0.15, 0.2) is 35.0 Å². The molecule has 0 saturated carbocycles. The Labute approximate surface area is 260 Å². The number of nitrogens with one attached hydrogen (secondary N) is 2. The number of carbonyl (C=O) groups is 4. The van der Waals surface area contributed by atoms with Crippen molar-refractivity contribution in [3.05, 3.63) is 39.7 Å². The first-order valence-electron chi connectivity index (χ1n) is 14.9. The van der Waals surface area contributed by atoms with Gasteiger partial charge in [0.15, 0.2) is 0 Å². The van der Waals surface area contributed by atoms with Crippen molar-refractivity contribution in [1.29, 1.82) is 0 Å². The number of fused-ring (bicyclic) bond motifs is 1. The molecule has 0 aliphatic carbocycles. The quantitative estimate of drug-likeness (QED) is 0.259. The van der Waals surface area contributed by atoms with E-state index in [0.29, 0.717) is 66.7 Å². The third-order valence-corrected chi connectivity index (χ3v) is 8.37. The first kappa shape index (κ1) is 32.5. The minimum absolute atomic E-state index is 0.0419. The van der Waals surface area contributed by atoms with Crippen LogP contribution in [-0.2, 0) is 14.3 Å². The number of aliphatic imine (C=N–C) groups is 1. The summed E-state index contributed by atoms with van der Waals surface area (Å²) in [7, 11) is 0. The number of amides is 4. The van der Waals surface area contributed by atoms with Gasteiger partial charge in [0.25, 0.3) is 5.91 Å². The van der Waals surface area contributed by atoms with E-state index in [-0.39, 0.29) is 43.2 Å². The van der Waals surface area contributed by atoms with Crippen LogP contribution in [0.4, 0.5) is 22.0 Å². The zero-order chi connectivity index (χ0) is 31.6. The molecule has 4 amide bonds. The van der Waals surface area contributed by atoms with Gasteiger partial charge >= 0.3 is 6.09 Å². The molecule has 13 nitrogen and oxygen atoms in total. The molecule has 2 aliphatic rings. The summed E-state index contributed by atoms with van der Waals surface area (Å²) in [5.74, 6) is 0.530. The van der Waals surface area contributed by atoms with Gasteiger partial charge in [-0.15, -0.1) is 11.3 Å².